The fraction of sp³-hybridized carbons (Fsp3) is 0.133. The van der Waals surface area contributed by atoms with E-state index < -0.39 is 5.91 Å². The molecule has 2 aromatic carbocycles. The Kier molecular flexibility index (Phi) is 3.53. The van der Waals surface area contributed by atoms with Gasteiger partial charge in [-0.1, -0.05) is 45.8 Å². The molecular weight excluding hydrogens is 290 g/mol. The van der Waals surface area contributed by atoms with Crippen molar-refractivity contribution in [2.75, 3.05) is 0 Å². The lowest BCUT2D eigenvalue weighted by atomic mass is 9.94. The van der Waals surface area contributed by atoms with Gasteiger partial charge in [-0.05, 0) is 42.7 Å². The highest BCUT2D eigenvalue weighted by Crippen LogP contribution is 2.31. The Bertz CT molecular complexity index is 620. The molecule has 0 unspecified atom stereocenters. The van der Waals surface area contributed by atoms with E-state index in [-0.39, 0.29) is 0 Å². The smallest absolute Gasteiger partial charge is 0.249 e. The number of carbonyl (C=O) groups excluding carboxylic acids is 1. The van der Waals surface area contributed by atoms with Crippen LogP contribution in [0.5, 0.6) is 0 Å². The second-order valence-corrected chi connectivity index (χ2v) is 5.18. The summed E-state index contributed by atoms with van der Waals surface area (Å²) in [6.45, 7) is 4.02. The SMILES string of the molecule is Cc1ccc(C(N)=O)c(-c2cccc(Br)c2C)c1. The van der Waals surface area contributed by atoms with E-state index in [1.807, 2.05) is 44.2 Å². The largest absolute Gasteiger partial charge is 0.366 e. The fourth-order valence-electron chi connectivity index (χ4n) is 2.00. The molecule has 0 radical (unpaired) electrons. The van der Waals surface area contributed by atoms with Crippen LogP contribution >= 0.6 is 15.9 Å². The minimum atomic E-state index is -0.399. The first-order chi connectivity index (χ1) is 8.50. The number of hydrogen-bond donors (Lipinski definition) is 1. The molecule has 0 heterocycles. The van der Waals surface area contributed by atoms with Crippen LogP contribution < -0.4 is 5.73 Å². The van der Waals surface area contributed by atoms with Gasteiger partial charge in [-0.15, -0.1) is 0 Å². The molecule has 1 amide bonds. The molecule has 0 aliphatic rings. The van der Waals surface area contributed by atoms with Crippen molar-refractivity contribution >= 4 is 21.8 Å². The zero-order chi connectivity index (χ0) is 13.3. The second-order valence-electron chi connectivity index (χ2n) is 4.33. The lowest BCUT2D eigenvalue weighted by Crippen LogP contribution is -2.12. The van der Waals surface area contributed by atoms with Crippen LogP contribution in [0.1, 0.15) is 21.5 Å². The molecular formula is C15H14BrNO. The summed E-state index contributed by atoms with van der Waals surface area (Å²) in [6.07, 6.45) is 0. The third-order valence-corrected chi connectivity index (χ3v) is 3.86. The zero-order valence-corrected chi connectivity index (χ0v) is 11.9. The first-order valence-corrected chi connectivity index (χ1v) is 6.46. The molecule has 0 aliphatic heterocycles. The van der Waals surface area contributed by atoms with Crippen LogP contribution in [0.25, 0.3) is 11.1 Å². The average molecular weight is 304 g/mol. The Labute approximate surface area is 115 Å². The lowest BCUT2D eigenvalue weighted by Gasteiger charge is -2.12. The topological polar surface area (TPSA) is 43.1 Å². The first-order valence-electron chi connectivity index (χ1n) is 5.66. The Morgan fingerprint density at radius 3 is 2.50 bits per heavy atom. The fourth-order valence-corrected chi connectivity index (χ4v) is 2.36. The summed E-state index contributed by atoms with van der Waals surface area (Å²) >= 11 is 3.51. The van der Waals surface area contributed by atoms with Crippen LogP contribution in [0.3, 0.4) is 0 Å². The van der Waals surface area contributed by atoms with E-state index in [2.05, 4.69) is 15.9 Å². The molecule has 0 atom stereocenters. The summed E-state index contributed by atoms with van der Waals surface area (Å²) in [5.41, 5.74) is 10.1. The van der Waals surface area contributed by atoms with Gasteiger partial charge in [0.2, 0.25) is 5.91 Å². The highest BCUT2D eigenvalue weighted by molar-refractivity contribution is 9.10. The first kappa shape index (κ1) is 12.8. The third kappa shape index (κ3) is 2.31. The number of hydrogen-bond acceptors (Lipinski definition) is 1. The van der Waals surface area contributed by atoms with Gasteiger partial charge >= 0.3 is 0 Å². The number of halogens is 1. The Morgan fingerprint density at radius 1 is 1.11 bits per heavy atom. The molecule has 0 aromatic heterocycles. The predicted molar refractivity (Wildman–Crippen MR) is 77.6 cm³/mol. The van der Waals surface area contributed by atoms with E-state index in [9.17, 15) is 4.79 Å². The third-order valence-electron chi connectivity index (χ3n) is 3.00. The van der Waals surface area contributed by atoms with Gasteiger partial charge in [0.15, 0.2) is 0 Å². The average Bonchev–Trinajstić information content (AvgIpc) is 2.32. The molecule has 3 heteroatoms. The van der Waals surface area contributed by atoms with E-state index in [1.165, 1.54) is 0 Å². The molecule has 0 fully saturated rings. The van der Waals surface area contributed by atoms with Gasteiger partial charge in [-0.3, -0.25) is 4.79 Å². The van der Waals surface area contributed by atoms with Crippen molar-refractivity contribution in [3.8, 4) is 11.1 Å². The second kappa shape index (κ2) is 4.94. The van der Waals surface area contributed by atoms with Crippen LogP contribution in [0.2, 0.25) is 0 Å². The van der Waals surface area contributed by atoms with Crippen molar-refractivity contribution in [3.05, 3.63) is 57.6 Å². The van der Waals surface area contributed by atoms with Gasteiger partial charge in [0.05, 0.1) is 0 Å². The predicted octanol–water partition coefficient (Wildman–Crippen LogP) is 3.83. The quantitative estimate of drug-likeness (QED) is 0.900. The van der Waals surface area contributed by atoms with Crippen molar-refractivity contribution in [3.63, 3.8) is 0 Å². The van der Waals surface area contributed by atoms with Crippen LogP contribution in [0, 0.1) is 13.8 Å². The molecule has 0 bridgehead atoms. The molecule has 18 heavy (non-hydrogen) atoms. The summed E-state index contributed by atoms with van der Waals surface area (Å²) in [6, 6.07) is 11.6. The minimum Gasteiger partial charge on any atom is -0.366 e. The van der Waals surface area contributed by atoms with E-state index in [0.717, 1.165) is 26.7 Å². The monoisotopic (exact) mass is 303 g/mol. The number of amides is 1. The molecule has 0 saturated heterocycles. The Morgan fingerprint density at radius 2 is 1.83 bits per heavy atom. The van der Waals surface area contributed by atoms with E-state index in [0.29, 0.717) is 5.56 Å². The highest BCUT2D eigenvalue weighted by Gasteiger charge is 2.12. The van der Waals surface area contributed by atoms with Crippen LogP contribution in [0.15, 0.2) is 40.9 Å². The molecule has 0 aliphatic carbocycles. The van der Waals surface area contributed by atoms with E-state index in [4.69, 9.17) is 5.73 Å². The minimum absolute atomic E-state index is 0.399. The van der Waals surface area contributed by atoms with Crippen LogP contribution in [-0.4, -0.2) is 5.91 Å². The summed E-state index contributed by atoms with van der Waals surface area (Å²) < 4.78 is 1.02. The van der Waals surface area contributed by atoms with Crippen LogP contribution in [0.4, 0.5) is 0 Å². The van der Waals surface area contributed by atoms with Crippen LogP contribution in [-0.2, 0) is 0 Å². The number of benzene rings is 2. The summed E-state index contributed by atoms with van der Waals surface area (Å²) in [7, 11) is 0. The summed E-state index contributed by atoms with van der Waals surface area (Å²) in [5.74, 6) is -0.399. The standard InChI is InChI=1S/C15H14BrNO/c1-9-6-7-12(15(17)18)13(8-9)11-4-3-5-14(16)10(11)2/h3-8H,1-2H3,(H2,17,18). The maximum absolute atomic E-state index is 11.5. The Hall–Kier alpha value is -1.61. The maximum Gasteiger partial charge on any atom is 0.249 e. The summed E-state index contributed by atoms with van der Waals surface area (Å²) in [5, 5.41) is 0. The lowest BCUT2D eigenvalue weighted by molar-refractivity contribution is 0.100. The van der Waals surface area contributed by atoms with Gasteiger partial charge in [0, 0.05) is 10.0 Å². The van der Waals surface area contributed by atoms with Gasteiger partial charge < -0.3 is 5.73 Å². The van der Waals surface area contributed by atoms with Crippen molar-refractivity contribution in [1.29, 1.82) is 0 Å². The summed E-state index contributed by atoms with van der Waals surface area (Å²) in [4.78, 5) is 11.5. The molecule has 2 aromatic rings. The number of rotatable bonds is 2. The van der Waals surface area contributed by atoms with E-state index in [1.54, 1.807) is 6.07 Å². The van der Waals surface area contributed by atoms with Gasteiger partial charge in [-0.2, -0.15) is 0 Å². The molecule has 0 spiro atoms. The molecule has 2 nitrogen and oxygen atoms in total. The van der Waals surface area contributed by atoms with Crippen molar-refractivity contribution < 1.29 is 4.79 Å². The normalized spacial score (nSPS) is 10.4. The van der Waals surface area contributed by atoms with Gasteiger partial charge in [0.1, 0.15) is 0 Å². The highest BCUT2D eigenvalue weighted by atomic mass is 79.9. The number of carbonyl (C=O) groups is 1. The van der Waals surface area contributed by atoms with Gasteiger partial charge in [-0.25, -0.2) is 0 Å². The maximum atomic E-state index is 11.5. The number of primary amides is 1. The molecule has 92 valence electrons. The number of nitrogens with two attached hydrogens (primary N) is 1. The molecule has 2 N–H and O–H groups in total. The number of aryl methyl sites for hydroxylation is 1. The van der Waals surface area contributed by atoms with Crippen molar-refractivity contribution in [2.24, 2.45) is 5.73 Å². The Balaban J connectivity index is 2.73. The van der Waals surface area contributed by atoms with Gasteiger partial charge in [0.25, 0.3) is 0 Å². The van der Waals surface area contributed by atoms with E-state index >= 15 is 0 Å². The zero-order valence-electron chi connectivity index (χ0n) is 10.3. The van der Waals surface area contributed by atoms with Crippen molar-refractivity contribution in [2.45, 2.75) is 13.8 Å². The van der Waals surface area contributed by atoms with Crippen molar-refractivity contribution in [1.82, 2.24) is 0 Å². The molecule has 0 saturated carbocycles. The molecule has 2 rings (SSSR count).